The van der Waals surface area contributed by atoms with Crippen LogP contribution in [0.15, 0.2) is 0 Å². The van der Waals surface area contributed by atoms with Gasteiger partial charge in [-0.25, -0.2) is 4.79 Å². The molecule has 0 bridgehead atoms. The van der Waals surface area contributed by atoms with Gasteiger partial charge in [-0.05, 0) is 11.8 Å². The van der Waals surface area contributed by atoms with Crippen molar-refractivity contribution in [3.05, 3.63) is 0 Å². The second-order valence-electron chi connectivity index (χ2n) is 4.72. The van der Waals surface area contributed by atoms with Gasteiger partial charge < -0.3 is 10.4 Å². The number of carboxylic acid groups (broad SMARTS) is 1. The number of urea groups is 1. The van der Waals surface area contributed by atoms with Crippen LogP contribution in [0.5, 0.6) is 0 Å². The van der Waals surface area contributed by atoms with Crippen LogP contribution >= 0.6 is 0 Å². The fourth-order valence-corrected chi connectivity index (χ4v) is 1.36. The van der Waals surface area contributed by atoms with E-state index in [1.165, 1.54) is 0 Å². The predicted octanol–water partition coefficient (Wildman–Crippen LogP) is 1.11. The van der Waals surface area contributed by atoms with Gasteiger partial charge in [0.05, 0.1) is 6.42 Å². The van der Waals surface area contributed by atoms with Crippen molar-refractivity contribution in [1.29, 1.82) is 0 Å². The van der Waals surface area contributed by atoms with Crippen LogP contribution < -0.4 is 10.6 Å². The smallest absolute Gasteiger partial charge is 0.321 e. The average molecular weight is 244 g/mol. The molecular formula is C11H20N2O4. The minimum atomic E-state index is -0.960. The van der Waals surface area contributed by atoms with Crippen LogP contribution in [0.4, 0.5) is 4.79 Å². The van der Waals surface area contributed by atoms with Gasteiger partial charge in [-0.2, -0.15) is 0 Å². The van der Waals surface area contributed by atoms with Crippen LogP contribution in [0.1, 0.15) is 40.0 Å². The number of aliphatic carboxylic acids is 1. The normalized spacial score (nSPS) is 10.8. The Bertz CT molecular complexity index is 300. The lowest BCUT2D eigenvalue weighted by atomic mass is 9.85. The van der Waals surface area contributed by atoms with Gasteiger partial charge in [-0.15, -0.1) is 0 Å². The zero-order chi connectivity index (χ0) is 13.5. The van der Waals surface area contributed by atoms with Crippen molar-refractivity contribution in [2.45, 2.75) is 40.0 Å². The Morgan fingerprint density at radius 1 is 1.18 bits per heavy atom. The maximum absolute atomic E-state index is 11.4. The molecule has 0 aromatic carbocycles. The Morgan fingerprint density at radius 2 is 1.76 bits per heavy atom. The molecule has 0 aliphatic carbocycles. The Hall–Kier alpha value is -1.59. The zero-order valence-corrected chi connectivity index (χ0v) is 10.5. The lowest BCUT2D eigenvalue weighted by Gasteiger charge is -2.21. The summed E-state index contributed by atoms with van der Waals surface area (Å²) in [5.41, 5.74) is -0.666. The summed E-state index contributed by atoms with van der Waals surface area (Å²) in [5.74, 6) is -1.43. The van der Waals surface area contributed by atoms with E-state index in [9.17, 15) is 14.4 Å². The van der Waals surface area contributed by atoms with E-state index in [-0.39, 0.29) is 12.8 Å². The number of carboxylic acids is 1. The first-order valence-corrected chi connectivity index (χ1v) is 5.56. The van der Waals surface area contributed by atoms with Crippen LogP contribution in [0.3, 0.4) is 0 Å². The van der Waals surface area contributed by atoms with Crippen molar-refractivity contribution >= 4 is 17.9 Å². The van der Waals surface area contributed by atoms with Gasteiger partial charge in [0.15, 0.2) is 0 Å². The van der Waals surface area contributed by atoms with Gasteiger partial charge >= 0.3 is 12.0 Å². The Kier molecular flexibility index (Phi) is 6.23. The van der Waals surface area contributed by atoms with E-state index < -0.39 is 23.3 Å². The van der Waals surface area contributed by atoms with Gasteiger partial charge in [-0.3, -0.25) is 14.9 Å². The fourth-order valence-electron chi connectivity index (χ4n) is 1.36. The summed E-state index contributed by atoms with van der Waals surface area (Å²) in [4.78, 5) is 33.2. The summed E-state index contributed by atoms with van der Waals surface area (Å²) in [5, 5.41) is 13.3. The van der Waals surface area contributed by atoms with Gasteiger partial charge in [0.25, 0.3) is 0 Å². The molecule has 0 heterocycles. The Labute approximate surface area is 101 Å². The standard InChI is InChI=1S/C11H20N2O4/c1-4-5-12-10(17)13-8(14)6-11(2,3)7-9(15)16/h4-7H2,1-3H3,(H,15,16)(H2,12,13,14,17). The molecule has 0 saturated heterocycles. The second kappa shape index (κ2) is 6.88. The highest BCUT2D eigenvalue weighted by Crippen LogP contribution is 2.24. The van der Waals surface area contributed by atoms with Gasteiger partial charge in [-0.1, -0.05) is 20.8 Å². The largest absolute Gasteiger partial charge is 0.481 e. The molecule has 0 aromatic rings. The monoisotopic (exact) mass is 244 g/mol. The fraction of sp³-hybridized carbons (Fsp3) is 0.727. The van der Waals surface area contributed by atoms with Crippen molar-refractivity contribution in [2.24, 2.45) is 5.41 Å². The average Bonchev–Trinajstić information content (AvgIpc) is 2.10. The van der Waals surface area contributed by atoms with E-state index in [0.717, 1.165) is 6.42 Å². The van der Waals surface area contributed by atoms with Crippen molar-refractivity contribution in [3.63, 3.8) is 0 Å². The number of rotatable bonds is 6. The molecule has 0 fully saturated rings. The minimum absolute atomic E-state index is 0.00115. The summed E-state index contributed by atoms with van der Waals surface area (Å²) >= 11 is 0. The first-order valence-electron chi connectivity index (χ1n) is 5.56. The molecule has 0 aliphatic heterocycles. The molecule has 3 N–H and O–H groups in total. The lowest BCUT2D eigenvalue weighted by Crippen LogP contribution is -2.41. The molecule has 0 atom stereocenters. The first-order chi connectivity index (χ1) is 7.76. The highest BCUT2D eigenvalue weighted by molar-refractivity contribution is 5.94. The van der Waals surface area contributed by atoms with Crippen LogP contribution in [0, 0.1) is 5.41 Å². The number of hydrogen-bond donors (Lipinski definition) is 3. The van der Waals surface area contributed by atoms with Crippen LogP contribution in [0.2, 0.25) is 0 Å². The third-order valence-corrected chi connectivity index (χ3v) is 2.06. The quantitative estimate of drug-likeness (QED) is 0.652. The molecular weight excluding hydrogens is 224 g/mol. The Morgan fingerprint density at radius 3 is 2.24 bits per heavy atom. The molecule has 3 amide bonds. The lowest BCUT2D eigenvalue weighted by molar-refractivity contribution is -0.139. The van der Waals surface area contributed by atoms with Crippen molar-refractivity contribution in [1.82, 2.24) is 10.6 Å². The molecule has 98 valence electrons. The molecule has 0 saturated carbocycles. The highest BCUT2D eigenvalue weighted by Gasteiger charge is 2.25. The van der Waals surface area contributed by atoms with Crippen molar-refractivity contribution in [3.8, 4) is 0 Å². The van der Waals surface area contributed by atoms with E-state index in [1.54, 1.807) is 13.8 Å². The molecule has 0 aromatic heterocycles. The third-order valence-electron chi connectivity index (χ3n) is 2.06. The number of imide groups is 1. The van der Waals surface area contributed by atoms with E-state index in [1.807, 2.05) is 6.92 Å². The second-order valence-corrected chi connectivity index (χ2v) is 4.72. The van der Waals surface area contributed by atoms with Crippen LogP contribution in [-0.4, -0.2) is 29.6 Å². The van der Waals surface area contributed by atoms with E-state index in [0.29, 0.717) is 6.54 Å². The van der Waals surface area contributed by atoms with Crippen LogP contribution in [0.25, 0.3) is 0 Å². The summed E-state index contributed by atoms with van der Waals surface area (Å²) in [6, 6.07) is -0.539. The third kappa shape index (κ3) is 8.24. The van der Waals surface area contributed by atoms with Crippen LogP contribution in [-0.2, 0) is 9.59 Å². The number of hydrogen-bond acceptors (Lipinski definition) is 3. The van der Waals surface area contributed by atoms with Crippen molar-refractivity contribution < 1.29 is 19.5 Å². The maximum Gasteiger partial charge on any atom is 0.321 e. The predicted molar refractivity (Wildman–Crippen MR) is 62.5 cm³/mol. The number of carbonyl (C=O) groups excluding carboxylic acids is 2. The topological polar surface area (TPSA) is 95.5 Å². The molecule has 6 nitrogen and oxygen atoms in total. The highest BCUT2D eigenvalue weighted by atomic mass is 16.4. The summed E-state index contributed by atoms with van der Waals surface area (Å²) in [7, 11) is 0. The van der Waals surface area contributed by atoms with Crippen molar-refractivity contribution in [2.75, 3.05) is 6.54 Å². The van der Waals surface area contributed by atoms with E-state index >= 15 is 0 Å². The minimum Gasteiger partial charge on any atom is -0.481 e. The van der Waals surface area contributed by atoms with Gasteiger partial charge in [0.1, 0.15) is 0 Å². The first kappa shape index (κ1) is 15.4. The SMILES string of the molecule is CCCNC(=O)NC(=O)CC(C)(C)CC(=O)O. The number of carbonyl (C=O) groups is 3. The van der Waals surface area contributed by atoms with Gasteiger partial charge in [0, 0.05) is 13.0 Å². The van der Waals surface area contributed by atoms with E-state index in [2.05, 4.69) is 10.6 Å². The molecule has 0 spiro atoms. The maximum atomic E-state index is 11.4. The molecule has 17 heavy (non-hydrogen) atoms. The van der Waals surface area contributed by atoms with E-state index in [4.69, 9.17) is 5.11 Å². The number of nitrogens with one attached hydrogen (secondary N) is 2. The Balaban J connectivity index is 4.08. The summed E-state index contributed by atoms with van der Waals surface area (Å²) < 4.78 is 0. The molecule has 0 radical (unpaired) electrons. The summed E-state index contributed by atoms with van der Waals surface area (Å²) in [6.45, 7) is 5.74. The molecule has 0 unspecified atom stereocenters. The molecule has 0 aliphatic rings. The summed E-state index contributed by atoms with van der Waals surface area (Å²) in [6.07, 6.45) is 0.669. The molecule has 0 rings (SSSR count). The zero-order valence-electron chi connectivity index (χ0n) is 10.5. The number of amides is 3. The van der Waals surface area contributed by atoms with Gasteiger partial charge in [0.2, 0.25) is 5.91 Å². The molecule has 6 heteroatoms.